The van der Waals surface area contributed by atoms with Crippen molar-refractivity contribution >= 4 is 45.1 Å². The van der Waals surface area contributed by atoms with E-state index in [1.165, 1.54) is 0 Å². The highest BCUT2D eigenvalue weighted by Crippen LogP contribution is 2.35. The van der Waals surface area contributed by atoms with Crippen LogP contribution in [0, 0.1) is 0 Å². The molecule has 0 saturated heterocycles. The molecule has 2 aromatic carbocycles. The minimum atomic E-state index is 0.555. The monoisotopic (exact) mass is 518 g/mol. The zero-order valence-electron chi connectivity index (χ0n) is 20.6. The molecule has 38 heavy (non-hydrogen) atoms. The summed E-state index contributed by atoms with van der Waals surface area (Å²) in [6, 6.07) is 23.9. The zero-order chi connectivity index (χ0) is 25.9. The summed E-state index contributed by atoms with van der Waals surface area (Å²) in [4.78, 5) is 15.4. The van der Waals surface area contributed by atoms with Crippen LogP contribution in [-0.2, 0) is 0 Å². The van der Waals surface area contributed by atoms with Crippen LogP contribution in [0.3, 0.4) is 0 Å². The van der Waals surface area contributed by atoms with Gasteiger partial charge in [0.05, 0.1) is 25.9 Å². The standard InChI is InChI=1S/C29H22N6O2S/c1-36-20-15-24-28(32-17-20)25(13-14-30-24)38-21-10-8-19(9-11-21)33-29-23-6-4-3-5-22(23)27(34-35-29)18-7-12-26(37-2)31-16-18/h3-17H,1-2H3,(H,33,35). The molecule has 0 aliphatic rings. The van der Waals surface area contributed by atoms with E-state index < -0.39 is 0 Å². The van der Waals surface area contributed by atoms with Crippen LogP contribution in [0.4, 0.5) is 11.5 Å². The Bertz CT molecular complexity index is 1740. The number of anilines is 2. The number of nitrogens with zero attached hydrogens (tertiary/aromatic N) is 5. The van der Waals surface area contributed by atoms with E-state index in [0.29, 0.717) is 17.4 Å². The molecule has 0 spiro atoms. The molecule has 0 amide bonds. The first-order chi connectivity index (χ1) is 18.7. The van der Waals surface area contributed by atoms with Gasteiger partial charge >= 0.3 is 0 Å². The molecule has 6 rings (SSSR count). The molecule has 9 heteroatoms. The quantitative estimate of drug-likeness (QED) is 0.252. The summed E-state index contributed by atoms with van der Waals surface area (Å²) >= 11 is 1.64. The van der Waals surface area contributed by atoms with E-state index in [4.69, 9.17) is 9.47 Å². The van der Waals surface area contributed by atoms with Gasteiger partial charge in [-0.25, -0.2) is 9.97 Å². The van der Waals surface area contributed by atoms with Crippen LogP contribution in [0.25, 0.3) is 33.1 Å². The van der Waals surface area contributed by atoms with Gasteiger partial charge in [0.25, 0.3) is 0 Å². The van der Waals surface area contributed by atoms with Gasteiger partial charge in [0.1, 0.15) is 17.0 Å². The summed E-state index contributed by atoms with van der Waals surface area (Å²) in [6.45, 7) is 0. The van der Waals surface area contributed by atoms with E-state index in [2.05, 4.69) is 42.6 Å². The highest BCUT2D eigenvalue weighted by Gasteiger charge is 2.12. The fourth-order valence-corrected chi connectivity index (χ4v) is 5.01. The van der Waals surface area contributed by atoms with Gasteiger partial charge in [-0.3, -0.25) is 4.98 Å². The molecule has 186 valence electrons. The van der Waals surface area contributed by atoms with Gasteiger partial charge in [-0.05, 0) is 36.4 Å². The lowest BCUT2D eigenvalue weighted by Gasteiger charge is -2.12. The molecule has 0 aliphatic heterocycles. The van der Waals surface area contributed by atoms with Crippen LogP contribution in [0.15, 0.2) is 101 Å². The Balaban J connectivity index is 1.25. The Hall–Kier alpha value is -4.76. The molecule has 0 aliphatic carbocycles. The summed E-state index contributed by atoms with van der Waals surface area (Å²) in [7, 11) is 3.22. The lowest BCUT2D eigenvalue weighted by molar-refractivity contribution is 0.398. The number of benzene rings is 2. The first kappa shape index (κ1) is 23.6. The van der Waals surface area contributed by atoms with E-state index in [9.17, 15) is 0 Å². The molecular formula is C29H22N6O2S. The van der Waals surface area contributed by atoms with E-state index in [1.807, 2.05) is 60.7 Å². The number of fused-ring (bicyclic) bond motifs is 2. The number of rotatable bonds is 7. The topological polar surface area (TPSA) is 94.9 Å². The lowest BCUT2D eigenvalue weighted by Crippen LogP contribution is -1.99. The van der Waals surface area contributed by atoms with Crippen LogP contribution >= 0.6 is 11.8 Å². The SMILES string of the molecule is COc1cnc2c(Sc3ccc(Nc4nnc(-c5ccc(OC)nc5)c5ccccc45)cc3)ccnc2c1. The Morgan fingerprint density at radius 2 is 1.61 bits per heavy atom. The van der Waals surface area contributed by atoms with E-state index >= 15 is 0 Å². The minimum Gasteiger partial charge on any atom is -0.495 e. The number of ether oxygens (including phenoxy) is 2. The molecule has 4 heterocycles. The minimum absolute atomic E-state index is 0.555. The maximum Gasteiger partial charge on any atom is 0.212 e. The van der Waals surface area contributed by atoms with Crippen molar-refractivity contribution in [1.82, 2.24) is 25.1 Å². The third kappa shape index (κ3) is 4.67. The van der Waals surface area contributed by atoms with Gasteiger partial charge in [-0.15, -0.1) is 10.2 Å². The molecule has 6 aromatic rings. The molecular weight excluding hydrogens is 496 g/mol. The molecule has 4 aromatic heterocycles. The van der Waals surface area contributed by atoms with Crippen LogP contribution in [0.1, 0.15) is 0 Å². The molecule has 0 saturated carbocycles. The Kier molecular flexibility index (Phi) is 6.41. The van der Waals surface area contributed by atoms with Crippen molar-refractivity contribution in [2.45, 2.75) is 9.79 Å². The predicted molar refractivity (Wildman–Crippen MR) is 149 cm³/mol. The van der Waals surface area contributed by atoms with Gasteiger partial charge in [0, 0.05) is 56.3 Å². The summed E-state index contributed by atoms with van der Waals surface area (Å²) in [5.74, 6) is 1.93. The summed E-state index contributed by atoms with van der Waals surface area (Å²) in [5, 5.41) is 14.4. The largest absolute Gasteiger partial charge is 0.495 e. The zero-order valence-corrected chi connectivity index (χ0v) is 21.4. The Morgan fingerprint density at radius 3 is 2.37 bits per heavy atom. The fraction of sp³-hybridized carbons (Fsp3) is 0.0690. The molecule has 0 fully saturated rings. The highest BCUT2D eigenvalue weighted by atomic mass is 32.2. The van der Waals surface area contributed by atoms with Crippen molar-refractivity contribution < 1.29 is 9.47 Å². The Morgan fingerprint density at radius 1 is 0.763 bits per heavy atom. The average molecular weight is 519 g/mol. The molecule has 8 nitrogen and oxygen atoms in total. The maximum absolute atomic E-state index is 5.27. The van der Waals surface area contributed by atoms with Crippen LogP contribution in [0.2, 0.25) is 0 Å². The third-order valence-electron chi connectivity index (χ3n) is 6.00. The number of methoxy groups -OCH3 is 2. The number of aromatic nitrogens is 5. The van der Waals surface area contributed by atoms with Crippen molar-refractivity contribution in [1.29, 1.82) is 0 Å². The number of nitrogens with one attached hydrogen (secondary N) is 1. The van der Waals surface area contributed by atoms with Crippen molar-refractivity contribution in [2.24, 2.45) is 0 Å². The molecule has 0 atom stereocenters. The van der Waals surface area contributed by atoms with Crippen LogP contribution in [-0.4, -0.2) is 39.4 Å². The van der Waals surface area contributed by atoms with E-state index in [0.717, 1.165) is 48.5 Å². The van der Waals surface area contributed by atoms with Gasteiger partial charge in [0.2, 0.25) is 5.88 Å². The van der Waals surface area contributed by atoms with E-state index in [1.54, 1.807) is 44.6 Å². The summed E-state index contributed by atoms with van der Waals surface area (Å²) in [6.07, 6.45) is 5.25. The predicted octanol–water partition coefficient (Wildman–Crippen LogP) is 6.55. The second-order valence-electron chi connectivity index (χ2n) is 8.34. The summed E-state index contributed by atoms with van der Waals surface area (Å²) < 4.78 is 10.5. The molecule has 0 unspecified atom stereocenters. The van der Waals surface area contributed by atoms with Gasteiger partial charge < -0.3 is 14.8 Å². The van der Waals surface area contributed by atoms with Crippen molar-refractivity contribution in [3.8, 4) is 22.9 Å². The van der Waals surface area contributed by atoms with E-state index in [-0.39, 0.29) is 0 Å². The van der Waals surface area contributed by atoms with Gasteiger partial charge in [0.15, 0.2) is 5.82 Å². The number of pyridine rings is 3. The first-order valence-electron chi connectivity index (χ1n) is 11.8. The number of hydrogen-bond donors (Lipinski definition) is 1. The Labute approximate surface area is 223 Å². The first-order valence-corrected chi connectivity index (χ1v) is 12.6. The third-order valence-corrected chi connectivity index (χ3v) is 7.06. The van der Waals surface area contributed by atoms with Crippen molar-refractivity contribution in [2.75, 3.05) is 19.5 Å². The average Bonchev–Trinajstić information content (AvgIpc) is 2.98. The molecule has 1 N–H and O–H groups in total. The highest BCUT2D eigenvalue weighted by molar-refractivity contribution is 7.99. The lowest BCUT2D eigenvalue weighted by atomic mass is 10.1. The molecule has 0 radical (unpaired) electrons. The fourth-order valence-electron chi connectivity index (χ4n) is 4.10. The maximum atomic E-state index is 5.27. The van der Waals surface area contributed by atoms with Crippen LogP contribution in [0.5, 0.6) is 11.6 Å². The van der Waals surface area contributed by atoms with Crippen molar-refractivity contribution in [3.63, 3.8) is 0 Å². The van der Waals surface area contributed by atoms with Gasteiger partial charge in [-0.1, -0.05) is 36.0 Å². The summed E-state index contributed by atoms with van der Waals surface area (Å²) in [5.41, 5.74) is 4.19. The normalized spacial score (nSPS) is 11.0. The number of hydrogen-bond acceptors (Lipinski definition) is 9. The smallest absolute Gasteiger partial charge is 0.212 e. The van der Waals surface area contributed by atoms with Crippen LogP contribution < -0.4 is 14.8 Å². The second-order valence-corrected chi connectivity index (χ2v) is 9.45. The van der Waals surface area contributed by atoms with Crippen molar-refractivity contribution in [3.05, 3.63) is 91.4 Å². The second kappa shape index (κ2) is 10.3. The van der Waals surface area contributed by atoms with Gasteiger partial charge in [-0.2, -0.15) is 0 Å². The molecule has 0 bridgehead atoms.